The molecule has 1 N–H and O–H groups in total. The van der Waals surface area contributed by atoms with Crippen molar-refractivity contribution < 1.29 is 23.7 Å². The molecule has 0 saturated heterocycles. The predicted molar refractivity (Wildman–Crippen MR) is 98.2 cm³/mol. The molecule has 2 atom stereocenters. The van der Waals surface area contributed by atoms with Crippen LogP contribution in [0.2, 0.25) is 0 Å². The summed E-state index contributed by atoms with van der Waals surface area (Å²) in [5.74, 6) is 1.25. The van der Waals surface area contributed by atoms with Gasteiger partial charge in [-0.1, -0.05) is 24.3 Å². The van der Waals surface area contributed by atoms with Crippen LogP contribution in [0, 0.1) is 0 Å². The molecule has 0 aromatic heterocycles. The Kier molecular flexibility index (Phi) is 7.44. The molecular weight excluding hydrogens is 334 g/mol. The molecule has 6 heteroatoms. The number of nitrogens with one attached hydrogen (secondary N) is 1. The molecule has 0 aliphatic heterocycles. The number of methoxy groups -OCH3 is 3. The lowest BCUT2D eigenvalue weighted by Crippen LogP contribution is -2.32. The number of amides is 1. The Bertz CT molecular complexity index is 719. The molecule has 0 unspecified atom stereocenters. The summed E-state index contributed by atoms with van der Waals surface area (Å²) in [5, 5.41) is 2.98. The van der Waals surface area contributed by atoms with Gasteiger partial charge in [0.05, 0.1) is 20.3 Å². The highest BCUT2D eigenvalue weighted by molar-refractivity contribution is 5.73. The van der Waals surface area contributed by atoms with Gasteiger partial charge in [-0.25, -0.2) is 0 Å². The number of hydrogen-bond acceptors (Lipinski definition) is 5. The van der Waals surface area contributed by atoms with E-state index in [0.717, 1.165) is 11.1 Å². The van der Waals surface area contributed by atoms with Crippen molar-refractivity contribution in [2.75, 3.05) is 28.1 Å². The summed E-state index contributed by atoms with van der Waals surface area (Å²) in [4.78, 5) is 11.9. The molecule has 2 aromatic rings. The average Bonchev–Trinajstić information content (AvgIpc) is 2.67. The molecule has 0 radical (unpaired) electrons. The van der Waals surface area contributed by atoms with Crippen molar-refractivity contribution in [3.05, 3.63) is 59.7 Å². The Morgan fingerprint density at radius 3 is 2.08 bits per heavy atom. The summed E-state index contributed by atoms with van der Waals surface area (Å²) in [6, 6.07) is 14.7. The van der Waals surface area contributed by atoms with Crippen LogP contribution in [0.3, 0.4) is 0 Å². The number of ether oxygens (including phenoxy) is 4. The van der Waals surface area contributed by atoms with E-state index in [1.807, 2.05) is 48.5 Å². The van der Waals surface area contributed by atoms with E-state index in [1.54, 1.807) is 21.3 Å². The van der Waals surface area contributed by atoms with Crippen molar-refractivity contribution >= 4 is 5.91 Å². The predicted octanol–water partition coefficient (Wildman–Crippen LogP) is 3.24. The van der Waals surface area contributed by atoms with E-state index < -0.39 is 12.1 Å². The summed E-state index contributed by atoms with van der Waals surface area (Å²) in [6.45, 7) is 1.56. The largest absolute Gasteiger partial charge is 0.497 e. The number of carbonyl (C=O) groups is 1. The van der Waals surface area contributed by atoms with E-state index in [1.165, 1.54) is 6.92 Å². The number of benzene rings is 2. The van der Waals surface area contributed by atoms with E-state index in [-0.39, 0.29) is 12.7 Å². The quantitative estimate of drug-likeness (QED) is 0.696. The Morgan fingerprint density at radius 2 is 1.54 bits per heavy atom. The maximum Gasteiger partial charge on any atom is 0.217 e. The van der Waals surface area contributed by atoms with Gasteiger partial charge >= 0.3 is 0 Å². The van der Waals surface area contributed by atoms with Crippen LogP contribution in [-0.2, 0) is 14.3 Å². The van der Waals surface area contributed by atoms with Crippen LogP contribution in [0.1, 0.15) is 30.2 Å². The lowest BCUT2D eigenvalue weighted by atomic mass is 9.95. The second-order valence-electron chi connectivity index (χ2n) is 5.73. The van der Waals surface area contributed by atoms with Crippen LogP contribution in [0.25, 0.3) is 0 Å². The van der Waals surface area contributed by atoms with E-state index in [9.17, 15) is 4.79 Å². The van der Waals surface area contributed by atoms with Crippen LogP contribution in [0.4, 0.5) is 0 Å². The first kappa shape index (κ1) is 19.8. The van der Waals surface area contributed by atoms with E-state index in [2.05, 4.69) is 5.32 Å². The summed E-state index contributed by atoms with van der Waals surface area (Å²) in [5.41, 5.74) is 1.73. The molecule has 2 rings (SSSR count). The first-order valence-corrected chi connectivity index (χ1v) is 8.24. The molecule has 6 nitrogen and oxygen atoms in total. The molecule has 2 aromatic carbocycles. The van der Waals surface area contributed by atoms with E-state index in [4.69, 9.17) is 18.9 Å². The van der Waals surface area contributed by atoms with Crippen LogP contribution >= 0.6 is 0 Å². The summed E-state index contributed by atoms with van der Waals surface area (Å²) < 4.78 is 21.7. The van der Waals surface area contributed by atoms with Crippen LogP contribution in [-0.4, -0.2) is 34.0 Å². The Balaban J connectivity index is 2.47. The Labute approximate surface area is 154 Å². The molecule has 140 valence electrons. The normalized spacial score (nSPS) is 12.9. The fraction of sp³-hybridized carbons (Fsp3) is 0.350. The Morgan fingerprint density at radius 1 is 0.962 bits per heavy atom. The molecule has 0 spiro atoms. The molecular formula is C20H25NO5. The fourth-order valence-corrected chi connectivity index (χ4v) is 2.73. The van der Waals surface area contributed by atoms with Gasteiger partial charge in [-0.05, 0) is 35.4 Å². The molecule has 0 fully saturated rings. The molecule has 0 bridgehead atoms. The van der Waals surface area contributed by atoms with Gasteiger partial charge in [-0.3, -0.25) is 4.79 Å². The van der Waals surface area contributed by atoms with Gasteiger partial charge in [-0.2, -0.15) is 0 Å². The van der Waals surface area contributed by atoms with Crippen molar-refractivity contribution in [1.29, 1.82) is 0 Å². The number of rotatable bonds is 9. The minimum atomic E-state index is -0.471. The second-order valence-corrected chi connectivity index (χ2v) is 5.73. The fourth-order valence-electron chi connectivity index (χ4n) is 2.73. The average molecular weight is 359 g/mol. The molecule has 1 amide bonds. The topological polar surface area (TPSA) is 66.0 Å². The molecule has 0 saturated carbocycles. The Hall–Kier alpha value is -2.57. The van der Waals surface area contributed by atoms with Crippen LogP contribution in [0.5, 0.6) is 11.5 Å². The first-order chi connectivity index (χ1) is 12.6. The van der Waals surface area contributed by atoms with E-state index in [0.29, 0.717) is 11.5 Å². The minimum absolute atomic E-state index is 0.0852. The van der Waals surface area contributed by atoms with Gasteiger partial charge in [0.25, 0.3) is 0 Å². The number of carbonyl (C=O) groups excluding carboxylic acids is 1. The second kappa shape index (κ2) is 9.79. The van der Waals surface area contributed by atoms with Crippen LogP contribution in [0.15, 0.2) is 48.5 Å². The van der Waals surface area contributed by atoms with Crippen molar-refractivity contribution in [1.82, 2.24) is 5.32 Å². The first-order valence-electron chi connectivity index (χ1n) is 8.24. The third kappa shape index (κ3) is 5.21. The van der Waals surface area contributed by atoms with Crippen molar-refractivity contribution in [3.63, 3.8) is 0 Å². The van der Waals surface area contributed by atoms with Gasteiger partial charge in [0.1, 0.15) is 24.4 Å². The SMILES string of the molecule is COCO[C@@H](c1cccc(OC)c1)[C@H](NC(C)=O)c1cccc(OC)c1. The summed E-state index contributed by atoms with van der Waals surface area (Å²) >= 11 is 0. The summed E-state index contributed by atoms with van der Waals surface area (Å²) in [7, 11) is 4.77. The molecule has 0 heterocycles. The minimum Gasteiger partial charge on any atom is -0.497 e. The summed E-state index contributed by atoms with van der Waals surface area (Å²) in [6.07, 6.45) is -0.471. The van der Waals surface area contributed by atoms with Crippen molar-refractivity contribution in [3.8, 4) is 11.5 Å². The van der Waals surface area contributed by atoms with Gasteiger partial charge < -0.3 is 24.3 Å². The maximum absolute atomic E-state index is 11.9. The van der Waals surface area contributed by atoms with Gasteiger partial charge in [0, 0.05) is 14.0 Å². The third-order valence-electron chi connectivity index (χ3n) is 3.90. The highest BCUT2D eigenvalue weighted by Crippen LogP contribution is 2.35. The zero-order chi connectivity index (χ0) is 18.9. The number of hydrogen-bond donors (Lipinski definition) is 1. The maximum atomic E-state index is 11.9. The van der Waals surface area contributed by atoms with Gasteiger partial charge in [0.15, 0.2) is 0 Å². The third-order valence-corrected chi connectivity index (χ3v) is 3.90. The van der Waals surface area contributed by atoms with Crippen molar-refractivity contribution in [2.45, 2.75) is 19.1 Å². The van der Waals surface area contributed by atoms with E-state index >= 15 is 0 Å². The zero-order valence-corrected chi connectivity index (χ0v) is 15.5. The highest BCUT2D eigenvalue weighted by atomic mass is 16.7. The zero-order valence-electron chi connectivity index (χ0n) is 15.5. The lowest BCUT2D eigenvalue weighted by Gasteiger charge is -2.29. The highest BCUT2D eigenvalue weighted by Gasteiger charge is 2.27. The van der Waals surface area contributed by atoms with Gasteiger partial charge in [-0.15, -0.1) is 0 Å². The van der Waals surface area contributed by atoms with Gasteiger partial charge in [0.2, 0.25) is 5.91 Å². The molecule has 0 aliphatic carbocycles. The van der Waals surface area contributed by atoms with Crippen LogP contribution < -0.4 is 14.8 Å². The molecule has 0 aliphatic rings. The van der Waals surface area contributed by atoms with Crippen molar-refractivity contribution in [2.24, 2.45) is 0 Å². The monoisotopic (exact) mass is 359 g/mol. The smallest absolute Gasteiger partial charge is 0.217 e. The standard InChI is InChI=1S/C20H25NO5/c1-14(22)21-19(15-7-5-9-17(11-15)24-3)20(26-13-23-2)16-8-6-10-18(12-16)25-4/h5-12,19-20H,13H2,1-4H3,(H,21,22)/t19-,20+/m1/s1. The lowest BCUT2D eigenvalue weighted by molar-refractivity contribution is -0.123. The molecule has 26 heavy (non-hydrogen) atoms.